The van der Waals surface area contributed by atoms with Gasteiger partial charge in [0.15, 0.2) is 6.04 Å². The van der Waals surface area contributed by atoms with Crippen molar-refractivity contribution in [2.45, 2.75) is 40.2 Å². The van der Waals surface area contributed by atoms with Gasteiger partial charge in [-0.25, -0.2) is 13.9 Å². The summed E-state index contributed by atoms with van der Waals surface area (Å²) >= 11 is 0. The molecule has 0 aliphatic rings. The van der Waals surface area contributed by atoms with Gasteiger partial charge < -0.3 is 10.1 Å². The Morgan fingerprint density at radius 2 is 1.71 bits per heavy atom. The maximum Gasteiger partial charge on any atom is 0.333 e. The van der Waals surface area contributed by atoms with Crippen molar-refractivity contribution < 1.29 is 18.7 Å². The molecule has 0 radical (unpaired) electrons. The van der Waals surface area contributed by atoms with Crippen LogP contribution in [0, 0.1) is 19.7 Å². The number of nitrogens with one attached hydrogen (secondary N) is 1. The minimum atomic E-state index is -1.02. The molecular formula is C24H26FN3O3. The van der Waals surface area contributed by atoms with Crippen LogP contribution in [-0.2, 0) is 16.0 Å². The number of carbonyl (C=O) groups excluding carboxylic acids is 2. The van der Waals surface area contributed by atoms with Gasteiger partial charge in [-0.2, -0.15) is 5.10 Å². The minimum Gasteiger partial charge on any atom is -0.464 e. The van der Waals surface area contributed by atoms with Gasteiger partial charge in [0.1, 0.15) is 5.82 Å². The first-order valence-corrected chi connectivity index (χ1v) is 10.2. The zero-order valence-corrected chi connectivity index (χ0v) is 18.1. The van der Waals surface area contributed by atoms with Crippen molar-refractivity contribution in [3.63, 3.8) is 0 Å². The molecule has 0 spiro atoms. The number of aromatic nitrogens is 2. The van der Waals surface area contributed by atoms with E-state index in [2.05, 4.69) is 10.4 Å². The van der Waals surface area contributed by atoms with Gasteiger partial charge >= 0.3 is 5.97 Å². The average Bonchev–Trinajstić information content (AvgIpc) is 3.06. The Morgan fingerprint density at radius 1 is 1.06 bits per heavy atom. The van der Waals surface area contributed by atoms with Gasteiger partial charge in [-0.05, 0) is 69.2 Å². The molecule has 0 fully saturated rings. The second-order valence-electron chi connectivity index (χ2n) is 7.18. The van der Waals surface area contributed by atoms with Gasteiger partial charge in [-0.15, -0.1) is 0 Å². The Hall–Kier alpha value is -3.48. The first kappa shape index (κ1) is 22.2. The van der Waals surface area contributed by atoms with Crippen molar-refractivity contribution in [2.75, 3.05) is 6.61 Å². The summed E-state index contributed by atoms with van der Waals surface area (Å²) in [4.78, 5) is 25.7. The van der Waals surface area contributed by atoms with Gasteiger partial charge in [-0.1, -0.05) is 19.1 Å². The fraction of sp³-hybridized carbons (Fsp3) is 0.292. The van der Waals surface area contributed by atoms with Crippen molar-refractivity contribution in [2.24, 2.45) is 0 Å². The van der Waals surface area contributed by atoms with Crippen molar-refractivity contribution in [1.82, 2.24) is 15.1 Å². The van der Waals surface area contributed by atoms with E-state index in [9.17, 15) is 14.0 Å². The van der Waals surface area contributed by atoms with Crippen LogP contribution in [-0.4, -0.2) is 28.3 Å². The molecule has 0 saturated carbocycles. The van der Waals surface area contributed by atoms with E-state index in [0.29, 0.717) is 28.2 Å². The van der Waals surface area contributed by atoms with Crippen molar-refractivity contribution in [3.8, 4) is 5.69 Å². The van der Waals surface area contributed by atoms with E-state index < -0.39 is 12.0 Å². The Morgan fingerprint density at radius 3 is 2.29 bits per heavy atom. The number of amides is 1. The van der Waals surface area contributed by atoms with Crippen molar-refractivity contribution >= 4 is 11.9 Å². The molecule has 3 aromatic rings. The molecule has 1 aromatic heterocycles. The summed E-state index contributed by atoms with van der Waals surface area (Å²) in [7, 11) is 0. The number of nitrogens with zero attached hydrogens (tertiary/aromatic N) is 2. The average molecular weight is 423 g/mol. The summed E-state index contributed by atoms with van der Waals surface area (Å²) in [5, 5.41) is 7.31. The zero-order valence-electron chi connectivity index (χ0n) is 18.1. The Balaban J connectivity index is 1.97. The second-order valence-corrected chi connectivity index (χ2v) is 7.18. The fourth-order valence-electron chi connectivity index (χ4n) is 3.49. The molecule has 31 heavy (non-hydrogen) atoms. The number of halogens is 1. The van der Waals surface area contributed by atoms with Crippen molar-refractivity contribution in [1.29, 1.82) is 0 Å². The molecule has 3 rings (SSSR count). The van der Waals surface area contributed by atoms with Gasteiger partial charge in [0, 0.05) is 16.8 Å². The molecule has 0 unspecified atom stereocenters. The van der Waals surface area contributed by atoms with E-state index >= 15 is 0 Å². The number of ether oxygens (including phenoxy) is 1. The quantitative estimate of drug-likeness (QED) is 0.578. The third-order valence-electron chi connectivity index (χ3n) is 5.13. The van der Waals surface area contributed by atoms with E-state index in [-0.39, 0.29) is 18.3 Å². The number of carbonyl (C=O) groups is 2. The Kier molecular flexibility index (Phi) is 6.84. The van der Waals surface area contributed by atoms with Crippen LogP contribution in [0.25, 0.3) is 5.69 Å². The summed E-state index contributed by atoms with van der Waals surface area (Å²) in [6, 6.07) is 12.1. The normalized spacial score (nSPS) is 11.8. The monoisotopic (exact) mass is 423 g/mol. The second kappa shape index (κ2) is 9.55. The van der Waals surface area contributed by atoms with Crippen LogP contribution in [0.1, 0.15) is 52.8 Å². The highest BCUT2D eigenvalue weighted by atomic mass is 19.1. The summed E-state index contributed by atoms with van der Waals surface area (Å²) in [5.74, 6) is -1.30. The lowest BCUT2D eigenvalue weighted by atomic mass is 10.0. The van der Waals surface area contributed by atoms with E-state index in [1.54, 1.807) is 49.7 Å². The molecule has 1 N–H and O–H groups in total. The molecule has 0 saturated heterocycles. The third-order valence-corrected chi connectivity index (χ3v) is 5.13. The van der Waals surface area contributed by atoms with E-state index in [1.165, 1.54) is 12.1 Å². The Bertz CT molecular complexity index is 1070. The molecule has 1 heterocycles. The SMILES string of the molecule is CCOC(=O)[C@H](NC(=O)c1ccc(CC)cc1)c1c(C)nn(-c2ccc(F)cc2)c1C. The predicted molar refractivity (Wildman–Crippen MR) is 116 cm³/mol. The summed E-state index contributed by atoms with van der Waals surface area (Å²) in [5.41, 5.74) is 4.00. The van der Waals surface area contributed by atoms with Crippen LogP contribution in [0.4, 0.5) is 4.39 Å². The molecule has 1 amide bonds. The van der Waals surface area contributed by atoms with Crippen molar-refractivity contribution in [3.05, 3.63) is 82.4 Å². The fourth-order valence-corrected chi connectivity index (χ4v) is 3.49. The van der Waals surface area contributed by atoms with E-state index in [4.69, 9.17) is 4.74 Å². The first-order chi connectivity index (χ1) is 14.8. The molecule has 0 bridgehead atoms. The number of hydrogen-bond acceptors (Lipinski definition) is 4. The number of aryl methyl sites for hydroxylation is 2. The van der Waals surface area contributed by atoms with Crippen LogP contribution >= 0.6 is 0 Å². The first-order valence-electron chi connectivity index (χ1n) is 10.2. The molecule has 7 heteroatoms. The lowest BCUT2D eigenvalue weighted by molar-refractivity contribution is -0.145. The van der Waals surface area contributed by atoms with Crippen LogP contribution in [0.3, 0.4) is 0 Å². The highest BCUT2D eigenvalue weighted by molar-refractivity contribution is 5.97. The summed E-state index contributed by atoms with van der Waals surface area (Å²) in [6.07, 6.45) is 0.869. The lowest BCUT2D eigenvalue weighted by Crippen LogP contribution is -2.35. The van der Waals surface area contributed by atoms with Gasteiger partial charge in [-0.3, -0.25) is 4.79 Å². The number of hydrogen-bond donors (Lipinski definition) is 1. The number of esters is 1. The Labute approximate surface area is 181 Å². The molecule has 2 aromatic carbocycles. The maximum absolute atomic E-state index is 13.3. The molecule has 1 atom stereocenters. The molecule has 0 aliphatic carbocycles. The van der Waals surface area contributed by atoms with E-state index in [0.717, 1.165) is 12.0 Å². The van der Waals surface area contributed by atoms with Crippen LogP contribution in [0.15, 0.2) is 48.5 Å². The molecule has 0 aliphatic heterocycles. The molecule has 162 valence electrons. The summed E-state index contributed by atoms with van der Waals surface area (Å²) in [6.45, 7) is 7.49. The smallest absolute Gasteiger partial charge is 0.333 e. The van der Waals surface area contributed by atoms with E-state index in [1.807, 2.05) is 19.1 Å². The highest BCUT2D eigenvalue weighted by Crippen LogP contribution is 2.26. The summed E-state index contributed by atoms with van der Waals surface area (Å²) < 4.78 is 20.2. The minimum absolute atomic E-state index is 0.181. The van der Waals surface area contributed by atoms with Crippen LogP contribution in [0.2, 0.25) is 0 Å². The zero-order chi connectivity index (χ0) is 22.5. The predicted octanol–water partition coefficient (Wildman–Crippen LogP) is 4.22. The largest absolute Gasteiger partial charge is 0.464 e. The maximum atomic E-state index is 13.3. The highest BCUT2D eigenvalue weighted by Gasteiger charge is 2.30. The van der Waals surface area contributed by atoms with Gasteiger partial charge in [0.05, 0.1) is 18.0 Å². The van der Waals surface area contributed by atoms with Gasteiger partial charge in [0.25, 0.3) is 5.91 Å². The van der Waals surface area contributed by atoms with Crippen LogP contribution in [0.5, 0.6) is 0 Å². The third kappa shape index (κ3) is 4.82. The molecule has 6 nitrogen and oxygen atoms in total. The standard InChI is InChI=1S/C24H26FN3O3/c1-5-17-7-9-18(10-8-17)23(29)26-22(24(30)31-6-2)21-15(3)27-28(16(21)4)20-13-11-19(25)12-14-20/h7-14,22H,5-6H2,1-4H3,(H,26,29)/t22-/m1/s1. The van der Waals surface area contributed by atoms with Gasteiger partial charge in [0.2, 0.25) is 0 Å². The number of rotatable bonds is 7. The number of benzene rings is 2. The lowest BCUT2D eigenvalue weighted by Gasteiger charge is -2.18. The topological polar surface area (TPSA) is 73.2 Å². The van der Waals surface area contributed by atoms with Crippen LogP contribution < -0.4 is 5.32 Å². The molecular weight excluding hydrogens is 397 g/mol.